The Morgan fingerprint density at radius 2 is 1.89 bits per heavy atom. The maximum absolute atomic E-state index is 11.8. The van der Waals surface area contributed by atoms with Crippen LogP contribution in [0.25, 0.3) is 0 Å². The summed E-state index contributed by atoms with van der Waals surface area (Å²) in [6.07, 6.45) is 4.09. The summed E-state index contributed by atoms with van der Waals surface area (Å²) in [6.45, 7) is 3.68. The second-order valence-corrected chi connectivity index (χ2v) is 5.40. The van der Waals surface area contributed by atoms with Crippen LogP contribution in [0, 0.1) is 5.41 Å². The van der Waals surface area contributed by atoms with Crippen molar-refractivity contribution in [3.05, 3.63) is 35.4 Å². The standard InChI is InChI=1S/C16H23NO2/c1-3-13-5-7-14(8-6-13)11-17-12-16(9-4-10-16)15(18)19-2/h5-8,17H,3-4,9-12H2,1-2H3. The zero-order valence-electron chi connectivity index (χ0n) is 11.9. The van der Waals surface area contributed by atoms with Crippen LogP contribution in [0.15, 0.2) is 24.3 Å². The fraction of sp³-hybridized carbons (Fsp3) is 0.562. The van der Waals surface area contributed by atoms with E-state index in [9.17, 15) is 4.79 Å². The van der Waals surface area contributed by atoms with E-state index in [1.54, 1.807) is 0 Å². The number of aryl methyl sites for hydroxylation is 1. The number of esters is 1. The highest BCUT2D eigenvalue weighted by Gasteiger charge is 2.44. The Hall–Kier alpha value is -1.35. The molecule has 1 aromatic carbocycles. The molecule has 3 nitrogen and oxygen atoms in total. The largest absolute Gasteiger partial charge is 0.469 e. The molecule has 0 bridgehead atoms. The number of carbonyl (C=O) groups excluding carboxylic acids is 1. The topological polar surface area (TPSA) is 38.3 Å². The molecule has 0 atom stereocenters. The van der Waals surface area contributed by atoms with E-state index in [0.29, 0.717) is 0 Å². The molecule has 0 aliphatic heterocycles. The summed E-state index contributed by atoms with van der Waals surface area (Å²) >= 11 is 0. The summed E-state index contributed by atoms with van der Waals surface area (Å²) in [5.41, 5.74) is 2.35. The molecular formula is C16H23NO2. The van der Waals surface area contributed by atoms with Crippen molar-refractivity contribution in [3.63, 3.8) is 0 Å². The van der Waals surface area contributed by atoms with Gasteiger partial charge in [-0.3, -0.25) is 4.79 Å². The predicted octanol–water partition coefficient (Wildman–Crippen LogP) is 2.68. The van der Waals surface area contributed by atoms with Gasteiger partial charge in [0.25, 0.3) is 0 Å². The molecule has 0 amide bonds. The molecule has 0 unspecified atom stereocenters. The highest BCUT2D eigenvalue weighted by Crippen LogP contribution is 2.41. The van der Waals surface area contributed by atoms with Crippen LogP contribution in [0.4, 0.5) is 0 Å². The fourth-order valence-corrected chi connectivity index (χ4v) is 2.61. The van der Waals surface area contributed by atoms with Gasteiger partial charge in [0.2, 0.25) is 0 Å². The Kier molecular flexibility index (Phi) is 4.59. The smallest absolute Gasteiger partial charge is 0.313 e. The zero-order valence-corrected chi connectivity index (χ0v) is 11.9. The molecule has 0 spiro atoms. The summed E-state index contributed by atoms with van der Waals surface area (Å²) in [6, 6.07) is 8.63. The van der Waals surface area contributed by atoms with Gasteiger partial charge in [-0.15, -0.1) is 0 Å². The lowest BCUT2D eigenvalue weighted by atomic mass is 9.68. The van der Waals surface area contributed by atoms with Crippen LogP contribution in [0.2, 0.25) is 0 Å². The fourth-order valence-electron chi connectivity index (χ4n) is 2.61. The number of methoxy groups -OCH3 is 1. The number of nitrogens with one attached hydrogen (secondary N) is 1. The monoisotopic (exact) mass is 261 g/mol. The van der Waals surface area contributed by atoms with Crippen molar-refractivity contribution in [1.82, 2.24) is 5.32 Å². The lowest BCUT2D eigenvalue weighted by Gasteiger charge is -2.39. The summed E-state index contributed by atoms with van der Waals surface area (Å²) in [7, 11) is 1.48. The Bertz CT molecular complexity index is 421. The van der Waals surface area contributed by atoms with Crippen molar-refractivity contribution in [2.45, 2.75) is 39.2 Å². The van der Waals surface area contributed by atoms with Gasteiger partial charge in [-0.1, -0.05) is 37.6 Å². The third-order valence-corrected chi connectivity index (χ3v) is 4.15. The minimum atomic E-state index is -0.266. The van der Waals surface area contributed by atoms with Crippen LogP contribution in [0.3, 0.4) is 0 Å². The number of hydrogen-bond donors (Lipinski definition) is 1. The number of hydrogen-bond acceptors (Lipinski definition) is 3. The quantitative estimate of drug-likeness (QED) is 0.800. The maximum atomic E-state index is 11.8. The minimum Gasteiger partial charge on any atom is -0.469 e. The first-order valence-corrected chi connectivity index (χ1v) is 7.07. The Morgan fingerprint density at radius 1 is 1.26 bits per heavy atom. The van der Waals surface area contributed by atoms with Gasteiger partial charge in [0.15, 0.2) is 0 Å². The minimum absolute atomic E-state index is 0.0624. The molecule has 0 saturated heterocycles. The van der Waals surface area contributed by atoms with E-state index >= 15 is 0 Å². The van der Waals surface area contributed by atoms with Crippen LogP contribution in [0.1, 0.15) is 37.3 Å². The van der Waals surface area contributed by atoms with Crippen LogP contribution in [0.5, 0.6) is 0 Å². The summed E-state index contributed by atoms with van der Waals surface area (Å²) in [5.74, 6) is -0.0624. The molecular weight excluding hydrogens is 238 g/mol. The molecule has 0 aromatic heterocycles. The van der Waals surface area contributed by atoms with E-state index < -0.39 is 0 Å². The molecule has 1 aliphatic carbocycles. The molecule has 3 heteroatoms. The maximum Gasteiger partial charge on any atom is 0.313 e. The first-order chi connectivity index (χ1) is 9.20. The average Bonchev–Trinajstić information content (AvgIpc) is 2.41. The highest BCUT2D eigenvalue weighted by atomic mass is 16.5. The summed E-state index contributed by atoms with van der Waals surface area (Å²) < 4.78 is 4.91. The SMILES string of the molecule is CCc1ccc(CNCC2(C(=O)OC)CCC2)cc1. The summed E-state index contributed by atoms with van der Waals surface area (Å²) in [4.78, 5) is 11.8. The van der Waals surface area contributed by atoms with Crippen molar-refractivity contribution in [3.8, 4) is 0 Å². The van der Waals surface area contributed by atoms with Crippen molar-refractivity contribution in [2.75, 3.05) is 13.7 Å². The van der Waals surface area contributed by atoms with Gasteiger partial charge in [0.1, 0.15) is 0 Å². The number of carbonyl (C=O) groups is 1. The normalized spacial score (nSPS) is 16.7. The van der Waals surface area contributed by atoms with Crippen LogP contribution >= 0.6 is 0 Å². The first kappa shape index (κ1) is 14.1. The Labute approximate surface area is 115 Å². The molecule has 1 saturated carbocycles. The summed E-state index contributed by atoms with van der Waals surface area (Å²) in [5, 5.41) is 3.40. The third-order valence-electron chi connectivity index (χ3n) is 4.15. The molecule has 1 aliphatic rings. The van der Waals surface area contributed by atoms with Crippen molar-refractivity contribution >= 4 is 5.97 Å². The zero-order chi connectivity index (χ0) is 13.7. The molecule has 104 valence electrons. The Morgan fingerprint density at radius 3 is 2.37 bits per heavy atom. The van der Waals surface area contributed by atoms with Gasteiger partial charge < -0.3 is 10.1 Å². The van der Waals surface area contributed by atoms with E-state index in [1.807, 2.05) is 0 Å². The van der Waals surface area contributed by atoms with E-state index in [1.165, 1.54) is 18.2 Å². The van der Waals surface area contributed by atoms with Gasteiger partial charge >= 0.3 is 5.97 Å². The van der Waals surface area contributed by atoms with Crippen LogP contribution in [-0.4, -0.2) is 19.6 Å². The van der Waals surface area contributed by atoms with E-state index in [4.69, 9.17) is 4.74 Å². The van der Waals surface area contributed by atoms with Gasteiger partial charge in [-0.05, 0) is 30.4 Å². The first-order valence-electron chi connectivity index (χ1n) is 7.07. The number of ether oxygens (including phenoxy) is 1. The molecule has 1 N–H and O–H groups in total. The lowest BCUT2D eigenvalue weighted by molar-refractivity contribution is -0.158. The second-order valence-electron chi connectivity index (χ2n) is 5.40. The molecule has 1 fully saturated rings. The van der Waals surface area contributed by atoms with Crippen molar-refractivity contribution in [1.29, 1.82) is 0 Å². The highest BCUT2D eigenvalue weighted by molar-refractivity contribution is 5.78. The van der Waals surface area contributed by atoms with Crippen LogP contribution < -0.4 is 5.32 Å². The third kappa shape index (κ3) is 3.16. The van der Waals surface area contributed by atoms with E-state index in [2.05, 4.69) is 36.5 Å². The van der Waals surface area contributed by atoms with Gasteiger partial charge in [0, 0.05) is 13.1 Å². The lowest BCUT2D eigenvalue weighted by Crippen LogP contribution is -2.46. The molecule has 2 rings (SSSR count). The van der Waals surface area contributed by atoms with Crippen molar-refractivity contribution < 1.29 is 9.53 Å². The van der Waals surface area contributed by atoms with Crippen LogP contribution in [-0.2, 0) is 22.5 Å². The predicted molar refractivity (Wildman–Crippen MR) is 75.8 cm³/mol. The van der Waals surface area contributed by atoms with Gasteiger partial charge in [-0.2, -0.15) is 0 Å². The molecule has 1 aromatic rings. The Balaban J connectivity index is 1.83. The number of rotatable bonds is 6. The van der Waals surface area contributed by atoms with Gasteiger partial charge in [-0.25, -0.2) is 0 Å². The number of benzene rings is 1. The molecule has 19 heavy (non-hydrogen) atoms. The molecule has 0 heterocycles. The van der Waals surface area contributed by atoms with Gasteiger partial charge in [0.05, 0.1) is 12.5 Å². The average molecular weight is 261 g/mol. The van der Waals surface area contributed by atoms with E-state index in [-0.39, 0.29) is 11.4 Å². The second kappa shape index (κ2) is 6.20. The van der Waals surface area contributed by atoms with E-state index in [0.717, 1.165) is 38.8 Å². The van der Waals surface area contributed by atoms with Crippen molar-refractivity contribution in [2.24, 2.45) is 5.41 Å². The molecule has 0 radical (unpaired) electrons.